The zero-order chi connectivity index (χ0) is 28.7. The Kier molecular flexibility index (Phi) is 7.22. The molecule has 1 saturated carbocycles. The molecule has 1 amide bonds. The minimum atomic E-state index is -0.840. The Labute approximate surface area is 245 Å². The lowest BCUT2D eigenvalue weighted by Crippen LogP contribution is -2.47. The summed E-state index contributed by atoms with van der Waals surface area (Å²) in [4.78, 5) is 41.8. The second-order valence-electron chi connectivity index (χ2n) is 10.5. The quantitative estimate of drug-likeness (QED) is 0.267. The number of hydrogen-bond donors (Lipinski definition) is 4. The van der Waals surface area contributed by atoms with Gasteiger partial charge in [-0.3, -0.25) is 14.0 Å². The number of nitrogens with zero attached hydrogens (tertiary/aromatic N) is 5. The number of pyridine rings is 1. The van der Waals surface area contributed by atoms with Gasteiger partial charge in [-0.2, -0.15) is 4.98 Å². The molecule has 1 spiro atoms. The van der Waals surface area contributed by atoms with Crippen LogP contribution in [0.4, 0.5) is 17.3 Å². The molecule has 6 rings (SSSR count). The number of piperidine rings is 1. The van der Waals surface area contributed by atoms with Gasteiger partial charge in [0.25, 0.3) is 11.5 Å². The van der Waals surface area contributed by atoms with Crippen LogP contribution in [0.15, 0.2) is 63.5 Å². The summed E-state index contributed by atoms with van der Waals surface area (Å²) in [6.07, 6.45) is 8.77. The van der Waals surface area contributed by atoms with Gasteiger partial charge in [-0.1, -0.05) is 41.9 Å². The van der Waals surface area contributed by atoms with Crippen molar-refractivity contribution in [3.05, 3.63) is 69.7 Å². The molecule has 1 aromatic carbocycles. The standard InChI is InChI=1S/C28H29ClN8O3S/c29-22-16(33-24(38)21-25(39)35-19-8-1-2-12-37(19)27(21)40)5-3-6-17(22)41-26-23(31)34-20(15-32-26)36-13-10-28(11-14-36)9-4-7-18(28)30/h1-3,5-6,8,12,15,18,39H,4,7,9-11,13-14,30H2,(H2,31,34)(H,33,38)/t18-/m1/s1. The molecule has 11 nitrogen and oxygen atoms in total. The highest BCUT2D eigenvalue weighted by Crippen LogP contribution is 2.46. The number of hydrogen-bond acceptors (Lipinski definition) is 10. The fourth-order valence-corrected chi connectivity index (χ4v) is 6.93. The number of nitrogens with two attached hydrogens (primary N) is 2. The zero-order valence-corrected chi connectivity index (χ0v) is 23.7. The number of aromatic nitrogens is 4. The molecule has 41 heavy (non-hydrogen) atoms. The van der Waals surface area contributed by atoms with E-state index in [9.17, 15) is 14.7 Å². The van der Waals surface area contributed by atoms with Crippen molar-refractivity contribution >= 4 is 52.2 Å². The van der Waals surface area contributed by atoms with Crippen LogP contribution in [-0.4, -0.2) is 49.5 Å². The number of nitrogen functional groups attached to an aromatic ring is 1. The predicted molar refractivity (Wildman–Crippen MR) is 159 cm³/mol. The third-order valence-corrected chi connectivity index (χ3v) is 9.76. The maximum Gasteiger partial charge on any atom is 0.274 e. The number of nitrogens with one attached hydrogen (secondary N) is 1. The Morgan fingerprint density at radius 3 is 2.68 bits per heavy atom. The van der Waals surface area contributed by atoms with Crippen LogP contribution in [0.3, 0.4) is 0 Å². The summed E-state index contributed by atoms with van der Waals surface area (Å²) < 4.78 is 1.18. The third kappa shape index (κ3) is 5.07. The lowest BCUT2D eigenvalue weighted by atomic mass is 9.74. The molecule has 0 bridgehead atoms. The molecule has 1 aliphatic heterocycles. The van der Waals surface area contributed by atoms with Gasteiger partial charge in [0.05, 0.1) is 16.9 Å². The monoisotopic (exact) mass is 592 g/mol. The third-order valence-electron chi connectivity index (χ3n) is 8.17. The largest absolute Gasteiger partial charge is 0.493 e. The number of benzene rings is 1. The summed E-state index contributed by atoms with van der Waals surface area (Å²) in [5.74, 6) is -0.502. The van der Waals surface area contributed by atoms with Crippen molar-refractivity contribution in [2.45, 2.75) is 48.1 Å². The summed E-state index contributed by atoms with van der Waals surface area (Å²) in [7, 11) is 0. The van der Waals surface area contributed by atoms with Gasteiger partial charge < -0.3 is 26.8 Å². The number of carbonyl (C=O) groups excluding carboxylic acids is 1. The molecule has 2 fully saturated rings. The van der Waals surface area contributed by atoms with Crippen molar-refractivity contribution in [1.29, 1.82) is 0 Å². The molecular weight excluding hydrogens is 564 g/mol. The van der Waals surface area contributed by atoms with E-state index in [0.29, 0.717) is 9.92 Å². The molecule has 1 aliphatic carbocycles. The average molecular weight is 593 g/mol. The topological polar surface area (TPSA) is 165 Å². The van der Waals surface area contributed by atoms with Crippen molar-refractivity contribution in [3.63, 3.8) is 0 Å². The van der Waals surface area contributed by atoms with Crippen LogP contribution in [-0.2, 0) is 0 Å². The van der Waals surface area contributed by atoms with Crippen LogP contribution >= 0.6 is 23.4 Å². The van der Waals surface area contributed by atoms with Crippen molar-refractivity contribution < 1.29 is 9.90 Å². The molecule has 0 radical (unpaired) electrons. The summed E-state index contributed by atoms with van der Waals surface area (Å²) >= 11 is 7.85. The molecule has 3 aromatic heterocycles. The molecule has 4 heterocycles. The van der Waals surface area contributed by atoms with Gasteiger partial charge >= 0.3 is 0 Å². The Hall–Kier alpha value is -3.87. The summed E-state index contributed by atoms with van der Waals surface area (Å²) in [6, 6.07) is 10.2. The average Bonchev–Trinajstić information content (AvgIpc) is 3.31. The molecule has 212 valence electrons. The van der Waals surface area contributed by atoms with Crippen LogP contribution in [0.1, 0.15) is 42.5 Å². The number of aromatic hydroxyl groups is 1. The van der Waals surface area contributed by atoms with E-state index in [4.69, 9.17) is 23.1 Å². The van der Waals surface area contributed by atoms with E-state index in [1.807, 2.05) is 0 Å². The van der Waals surface area contributed by atoms with E-state index < -0.39 is 22.9 Å². The Bertz CT molecular complexity index is 1710. The molecule has 4 aromatic rings. The normalized spacial score (nSPS) is 18.2. The summed E-state index contributed by atoms with van der Waals surface area (Å²) in [6.45, 7) is 1.74. The Balaban J connectivity index is 1.18. The van der Waals surface area contributed by atoms with Gasteiger partial charge in [-0.05, 0) is 55.4 Å². The molecule has 1 atom stereocenters. The smallest absolute Gasteiger partial charge is 0.274 e. The van der Waals surface area contributed by atoms with Crippen LogP contribution in [0.25, 0.3) is 5.65 Å². The van der Waals surface area contributed by atoms with Crippen molar-refractivity contribution in [2.24, 2.45) is 11.1 Å². The highest BCUT2D eigenvalue weighted by Gasteiger charge is 2.43. The van der Waals surface area contributed by atoms with E-state index in [1.54, 1.807) is 42.6 Å². The van der Waals surface area contributed by atoms with E-state index in [1.165, 1.54) is 35.2 Å². The highest BCUT2D eigenvalue weighted by molar-refractivity contribution is 7.99. The molecule has 6 N–H and O–H groups in total. The van der Waals surface area contributed by atoms with Crippen LogP contribution in [0.2, 0.25) is 5.02 Å². The van der Waals surface area contributed by atoms with Crippen molar-refractivity contribution in [3.8, 4) is 5.88 Å². The molecular formula is C28H29ClN8O3S. The van der Waals surface area contributed by atoms with Crippen molar-refractivity contribution in [1.82, 2.24) is 19.4 Å². The first-order valence-electron chi connectivity index (χ1n) is 13.4. The summed E-state index contributed by atoms with van der Waals surface area (Å²) in [5.41, 5.74) is 12.3. The number of carbonyl (C=O) groups is 1. The molecule has 13 heteroatoms. The first-order chi connectivity index (χ1) is 19.8. The summed E-state index contributed by atoms with van der Waals surface area (Å²) in [5, 5.41) is 13.6. The number of rotatable bonds is 5. The lowest BCUT2D eigenvalue weighted by molar-refractivity contribution is 0.102. The second-order valence-corrected chi connectivity index (χ2v) is 11.9. The van der Waals surface area contributed by atoms with Crippen LogP contribution < -0.4 is 27.2 Å². The predicted octanol–water partition coefficient (Wildman–Crippen LogP) is 3.93. The van der Waals surface area contributed by atoms with Gasteiger partial charge in [0.1, 0.15) is 16.5 Å². The first kappa shape index (κ1) is 27.3. The van der Waals surface area contributed by atoms with Gasteiger partial charge in [0.15, 0.2) is 11.4 Å². The number of amides is 1. The molecule has 2 aliphatic rings. The Morgan fingerprint density at radius 1 is 1.15 bits per heavy atom. The van der Waals surface area contributed by atoms with Crippen molar-refractivity contribution in [2.75, 3.05) is 29.0 Å². The SMILES string of the molecule is Nc1nc(N2CCC3(CCC[C@H]3N)CC2)cnc1Sc1cccc(NC(=O)c2c(O)nc3ccccn3c2=O)c1Cl. The highest BCUT2D eigenvalue weighted by atomic mass is 35.5. The van der Waals surface area contributed by atoms with Gasteiger partial charge in [-0.25, -0.2) is 9.97 Å². The fourth-order valence-electron chi connectivity index (χ4n) is 5.83. The Morgan fingerprint density at radius 2 is 1.95 bits per heavy atom. The van der Waals surface area contributed by atoms with E-state index in [0.717, 1.165) is 38.2 Å². The van der Waals surface area contributed by atoms with Crippen LogP contribution in [0, 0.1) is 5.41 Å². The van der Waals surface area contributed by atoms with E-state index in [-0.39, 0.29) is 33.6 Å². The maximum atomic E-state index is 13.0. The maximum absolute atomic E-state index is 13.0. The first-order valence-corrected chi connectivity index (χ1v) is 14.6. The fraction of sp³-hybridized carbons (Fsp3) is 0.321. The van der Waals surface area contributed by atoms with E-state index in [2.05, 4.69) is 25.2 Å². The van der Waals surface area contributed by atoms with Gasteiger partial charge in [0, 0.05) is 30.2 Å². The minimum Gasteiger partial charge on any atom is -0.493 e. The molecule has 1 saturated heterocycles. The number of halogens is 1. The zero-order valence-electron chi connectivity index (χ0n) is 22.1. The van der Waals surface area contributed by atoms with Gasteiger partial charge in [-0.15, -0.1) is 0 Å². The lowest BCUT2D eigenvalue weighted by Gasteiger charge is -2.42. The molecule has 0 unspecified atom stereocenters. The van der Waals surface area contributed by atoms with E-state index >= 15 is 0 Å². The van der Waals surface area contributed by atoms with Gasteiger partial charge in [0.2, 0.25) is 5.88 Å². The second kappa shape index (κ2) is 10.8. The van der Waals surface area contributed by atoms with Crippen LogP contribution in [0.5, 0.6) is 5.88 Å². The number of fused-ring (bicyclic) bond motifs is 1. The number of anilines is 3. The minimum absolute atomic E-state index is 0.218.